The minimum atomic E-state index is -0.666. The fourth-order valence-electron chi connectivity index (χ4n) is 3.23. The van der Waals surface area contributed by atoms with E-state index in [4.69, 9.17) is 4.74 Å². The van der Waals surface area contributed by atoms with Crippen LogP contribution < -0.4 is 10.6 Å². The number of para-hydroxylation sites is 2. The molecule has 0 saturated heterocycles. The zero-order chi connectivity index (χ0) is 19.7. The van der Waals surface area contributed by atoms with Crippen molar-refractivity contribution in [2.24, 2.45) is 0 Å². The van der Waals surface area contributed by atoms with Gasteiger partial charge in [-0.15, -0.1) is 0 Å². The lowest BCUT2D eigenvalue weighted by molar-refractivity contribution is -0.123. The van der Waals surface area contributed by atoms with E-state index in [9.17, 15) is 14.4 Å². The molecule has 1 aromatic heterocycles. The fraction of sp³-hybridized carbons (Fsp3) is 0.200. The molecule has 0 radical (unpaired) electrons. The lowest BCUT2D eigenvalue weighted by Gasteiger charge is -2.12. The van der Waals surface area contributed by atoms with E-state index in [-0.39, 0.29) is 18.2 Å². The normalized spacial score (nSPS) is 15.2. The first-order valence-corrected chi connectivity index (χ1v) is 8.91. The van der Waals surface area contributed by atoms with Gasteiger partial charge in [0, 0.05) is 5.69 Å². The van der Waals surface area contributed by atoms with E-state index in [1.807, 2.05) is 24.3 Å². The molecule has 1 aliphatic rings. The van der Waals surface area contributed by atoms with E-state index >= 15 is 0 Å². The van der Waals surface area contributed by atoms with Crippen molar-refractivity contribution in [3.05, 3.63) is 54.1 Å². The minimum Gasteiger partial charge on any atom is -0.462 e. The lowest BCUT2D eigenvalue weighted by Crippen LogP contribution is -2.23. The molecule has 8 nitrogen and oxygen atoms in total. The smallest absolute Gasteiger partial charge is 0.338 e. The highest BCUT2D eigenvalue weighted by Gasteiger charge is 2.34. The summed E-state index contributed by atoms with van der Waals surface area (Å²) in [7, 11) is 0. The summed E-state index contributed by atoms with van der Waals surface area (Å²) in [5.41, 5.74) is 2.50. The van der Waals surface area contributed by atoms with Crippen LogP contribution in [-0.2, 0) is 14.3 Å². The van der Waals surface area contributed by atoms with Crippen molar-refractivity contribution < 1.29 is 19.1 Å². The van der Waals surface area contributed by atoms with Crippen LogP contribution in [0, 0.1) is 0 Å². The second-order valence-electron chi connectivity index (χ2n) is 6.35. The van der Waals surface area contributed by atoms with Gasteiger partial charge in [-0.25, -0.2) is 9.78 Å². The van der Waals surface area contributed by atoms with Crippen molar-refractivity contribution in [1.82, 2.24) is 9.55 Å². The Morgan fingerprint density at radius 1 is 1.18 bits per heavy atom. The van der Waals surface area contributed by atoms with Crippen LogP contribution in [0.25, 0.3) is 11.0 Å². The van der Waals surface area contributed by atoms with Crippen LogP contribution in [0.15, 0.2) is 48.5 Å². The SMILES string of the molecule is CCOC(=O)c1ccc(NC(=O)CC2C(=O)Nc3nc4ccccc4n32)cc1. The first-order valence-electron chi connectivity index (χ1n) is 8.91. The molecule has 1 unspecified atom stereocenters. The molecule has 1 atom stereocenters. The molecule has 2 heterocycles. The molecule has 2 N–H and O–H groups in total. The van der Waals surface area contributed by atoms with Crippen LogP contribution >= 0.6 is 0 Å². The average molecular weight is 378 g/mol. The summed E-state index contributed by atoms with van der Waals surface area (Å²) in [6.07, 6.45) is -0.0290. The molecule has 0 aliphatic carbocycles. The predicted molar refractivity (Wildman–Crippen MR) is 103 cm³/mol. The number of amides is 2. The number of aromatic nitrogens is 2. The van der Waals surface area contributed by atoms with Crippen LogP contribution in [0.1, 0.15) is 29.7 Å². The summed E-state index contributed by atoms with van der Waals surface area (Å²) in [5.74, 6) is -0.541. The predicted octanol–water partition coefficient (Wildman–Crippen LogP) is 2.74. The van der Waals surface area contributed by atoms with Crippen molar-refractivity contribution >= 4 is 40.5 Å². The number of ether oxygens (including phenoxy) is 1. The highest BCUT2D eigenvalue weighted by molar-refractivity contribution is 6.03. The van der Waals surface area contributed by atoms with E-state index in [0.29, 0.717) is 23.8 Å². The number of rotatable bonds is 5. The quantitative estimate of drug-likeness (QED) is 0.665. The van der Waals surface area contributed by atoms with Crippen molar-refractivity contribution in [3.63, 3.8) is 0 Å². The highest BCUT2D eigenvalue weighted by atomic mass is 16.5. The summed E-state index contributed by atoms with van der Waals surface area (Å²) in [6.45, 7) is 2.03. The Morgan fingerprint density at radius 2 is 1.93 bits per heavy atom. The molecule has 0 bridgehead atoms. The Hall–Kier alpha value is -3.68. The lowest BCUT2D eigenvalue weighted by atomic mass is 10.1. The molecule has 4 rings (SSSR count). The number of hydrogen-bond acceptors (Lipinski definition) is 5. The average Bonchev–Trinajstić information content (AvgIpc) is 3.18. The summed E-state index contributed by atoms with van der Waals surface area (Å²) in [6, 6.07) is 13.2. The molecule has 28 heavy (non-hydrogen) atoms. The topological polar surface area (TPSA) is 102 Å². The fourth-order valence-corrected chi connectivity index (χ4v) is 3.23. The number of anilines is 2. The third-order valence-corrected chi connectivity index (χ3v) is 4.50. The zero-order valence-corrected chi connectivity index (χ0v) is 15.1. The number of fused-ring (bicyclic) bond motifs is 3. The molecule has 0 spiro atoms. The van der Waals surface area contributed by atoms with Gasteiger partial charge >= 0.3 is 5.97 Å². The highest BCUT2D eigenvalue weighted by Crippen LogP contribution is 2.32. The number of hydrogen-bond donors (Lipinski definition) is 2. The molecule has 2 amide bonds. The van der Waals surface area contributed by atoms with Crippen LogP contribution in [0.2, 0.25) is 0 Å². The van der Waals surface area contributed by atoms with Gasteiger partial charge in [-0.3, -0.25) is 19.5 Å². The van der Waals surface area contributed by atoms with Gasteiger partial charge in [0.05, 0.1) is 29.6 Å². The molecule has 142 valence electrons. The second kappa shape index (κ2) is 7.15. The van der Waals surface area contributed by atoms with Gasteiger partial charge in [0.1, 0.15) is 6.04 Å². The summed E-state index contributed by atoms with van der Waals surface area (Å²) in [5, 5.41) is 5.47. The first kappa shape index (κ1) is 17.7. The van der Waals surface area contributed by atoms with Crippen molar-refractivity contribution in [3.8, 4) is 0 Å². The van der Waals surface area contributed by atoms with E-state index in [2.05, 4.69) is 15.6 Å². The number of benzene rings is 2. The maximum atomic E-state index is 12.5. The van der Waals surface area contributed by atoms with Crippen molar-refractivity contribution in [2.75, 3.05) is 17.2 Å². The van der Waals surface area contributed by atoms with Gasteiger partial charge < -0.3 is 10.1 Å². The van der Waals surface area contributed by atoms with Gasteiger partial charge in [-0.05, 0) is 43.3 Å². The van der Waals surface area contributed by atoms with Gasteiger partial charge in [-0.2, -0.15) is 0 Å². The molecular formula is C20H18N4O4. The Morgan fingerprint density at radius 3 is 2.68 bits per heavy atom. The number of imidazole rings is 1. The van der Waals surface area contributed by atoms with Crippen LogP contribution in [0.5, 0.6) is 0 Å². The number of nitrogens with zero attached hydrogens (tertiary/aromatic N) is 2. The van der Waals surface area contributed by atoms with E-state index in [1.165, 1.54) is 0 Å². The molecule has 3 aromatic rings. The van der Waals surface area contributed by atoms with Crippen LogP contribution in [0.3, 0.4) is 0 Å². The van der Waals surface area contributed by atoms with Gasteiger partial charge in [0.15, 0.2) is 0 Å². The zero-order valence-electron chi connectivity index (χ0n) is 15.1. The van der Waals surface area contributed by atoms with Crippen molar-refractivity contribution in [2.45, 2.75) is 19.4 Å². The maximum absolute atomic E-state index is 12.5. The van der Waals surface area contributed by atoms with Crippen molar-refractivity contribution in [1.29, 1.82) is 0 Å². The third-order valence-electron chi connectivity index (χ3n) is 4.50. The number of carbonyl (C=O) groups is 3. The third kappa shape index (κ3) is 3.20. The molecule has 0 saturated carbocycles. The molecule has 1 aliphatic heterocycles. The Bertz CT molecular complexity index is 1070. The summed E-state index contributed by atoms with van der Waals surface area (Å²) >= 11 is 0. The number of esters is 1. The minimum absolute atomic E-state index is 0.0290. The van der Waals surface area contributed by atoms with Crippen LogP contribution in [-0.4, -0.2) is 33.9 Å². The molecule has 0 fully saturated rings. The van der Waals surface area contributed by atoms with E-state index < -0.39 is 12.0 Å². The standard InChI is InChI=1S/C20H18N4O4/c1-2-28-19(27)12-7-9-13(10-8-12)21-17(25)11-16-18(26)23-20-22-14-5-3-4-6-15(14)24(16)20/h3-10,16H,2,11H2,1H3,(H,21,25)(H,22,23,26). The Balaban J connectivity index is 1.47. The number of carbonyl (C=O) groups excluding carboxylic acids is 3. The van der Waals surface area contributed by atoms with Crippen LogP contribution in [0.4, 0.5) is 11.6 Å². The van der Waals surface area contributed by atoms with E-state index in [1.54, 1.807) is 35.8 Å². The molecule has 2 aromatic carbocycles. The van der Waals surface area contributed by atoms with Gasteiger partial charge in [-0.1, -0.05) is 12.1 Å². The van der Waals surface area contributed by atoms with Gasteiger partial charge in [0.2, 0.25) is 17.8 Å². The summed E-state index contributed by atoms with van der Waals surface area (Å²) in [4.78, 5) is 40.9. The second-order valence-corrected chi connectivity index (χ2v) is 6.35. The van der Waals surface area contributed by atoms with Gasteiger partial charge in [0.25, 0.3) is 0 Å². The maximum Gasteiger partial charge on any atom is 0.338 e. The molecular weight excluding hydrogens is 360 g/mol. The Labute approximate surface area is 160 Å². The monoisotopic (exact) mass is 378 g/mol. The summed E-state index contributed by atoms with van der Waals surface area (Å²) < 4.78 is 6.68. The largest absolute Gasteiger partial charge is 0.462 e. The Kier molecular flexibility index (Phi) is 4.52. The molecule has 8 heteroatoms. The number of nitrogens with one attached hydrogen (secondary N) is 2. The van der Waals surface area contributed by atoms with E-state index in [0.717, 1.165) is 11.0 Å². The first-order chi connectivity index (χ1) is 13.6.